The molecule has 1 atom stereocenters. The van der Waals surface area contributed by atoms with Gasteiger partial charge in [-0.05, 0) is 47.0 Å². The van der Waals surface area contributed by atoms with Crippen LogP contribution in [0.2, 0.25) is 0 Å². The zero-order valence-electron chi connectivity index (χ0n) is 15.9. The highest BCUT2D eigenvalue weighted by molar-refractivity contribution is 8.14. The lowest BCUT2D eigenvalue weighted by molar-refractivity contribution is -0.125. The van der Waals surface area contributed by atoms with Crippen molar-refractivity contribution in [2.45, 2.75) is 19.5 Å². The van der Waals surface area contributed by atoms with Gasteiger partial charge in [0.15, 0.2) is 0 Å². The Bertz CT molecular complexity index is 1100. The van der Waals surface area contributed by atoms with Gasteiger partial charge in [-0.15, -0.1) is 0 Å². The lowest BCUT2D eigenvalue weighted by atomic mass is 10.0. The van der Waals surface area contributed by atoms with E-state index in [1.54, 1.807) is 18.2 Å². The van der Waals surface area contributed by atoms with E-state index >= 15 is 0 Å². The third kappa shape index (κ3) is 4.17. The van der Waals surface area contributed by atoms with E-state index in [-0.39, 0.29) is 35.4 Å². The second-order valence-electron chi connectivity index (χ2n) is 7.04. The number of benzene rings is 3. The van der Waals surface area contributed by atoms with Crippen molar-refractivity contribution in [2.75, 3.05) is 5.75 Å². The lowest BCUT2D eigenvalue weighted by Crippen LogP contribution is -2.29. The molecule has 0 radical (unpaired) electrons. The summed E-state index contributed by atoms with van der Waals surface area (Å²) in [6.45, 7) is 2.14. The van der Waals surface area contributed by atoms with Crippen molar-refractivity contribution < 1.29 is 14.4 Å². The maximum Gasteiger partial charge on any atom is 0.289 e. The molecule has 1 unspecified atom stereocenters. The Hall–Kier alpha value is -3.12. The summed E-state index contributed by atoms with van der Waals surface area (Å²) in [4.78, 5) is 37.6. The number of hydrogen-bond donors (Lipinski definition) is 1. The largest absolute Gasteiger partial charge is 0.346 e. The standard InChI is InChI=1S/C23H20N2O3S/c1-15(18-10-9-17-6-2-3-7-19(17)12-18)24-22(27)20-8-4-5-16(11-20)13-25-21(26)14-29-23(25)28/h2-12,15H,13-14H2,1H3,(H,24,27). The second-order valence-corrected chi connectivity index (χ2v) is 7.96. The predicted molar refractivity (Wildman–Crippen MR) is 115 cm³/mol. The number of carbonyl (C=O) groups excluding carboxylic acids is 3. The summed E-state index contributed by atoms with van der Waals surface area (Å²) < 4.78 is 0. The van der Waals surface area contributed by atoms with Crippen LogP contribution in [0.4, 0.5) is 4.79 Å². The van der Waals surface area contributed by atoms with Crippen LogP contribution >= 0.6 is 11.8 Å². The molecule has 146 valence electrons. The summed E-state index contributed by atoms with van der Waals surface area (Å²) in [7, 11) is 0. The third-order valence-electron chi connectivity index (χ3n) is 4.99. The highest BCUT2D eigenvalue weighted by Crippen LogP contribution is 2.23. The number of nitrogens with one attached hydrogen (secondary N) is 1. The normalized spacial score (nSPS) is 15.0. The number of fused-ring (bicyclic) bond motifs is 1. The maximum atomic E-state index is 12.7. The van der Waals surface area contributed by atoms with Gasteiger partial charge in [-0.2, -0.15) is 0 Å². The third-order valence-corrected chi connectivity index (χ3v) is 5.85. The van der Waals surface area contributed by atoms with Crippen molar-refractivity contribution in [3.8, 4) is 0 Å². The quantitative estimate of drug-likeness (QED) is 0.679. The van der Waals surface area contributed by atoms with Gasteiger partial charge in [0, 0.05) is 5.56 Å². The molecular formula is C23H20N2O3S. The van der Waals surface area contributed by atoms with Crippen LogP contribution in [-0.2, 0) is 11.3 Å². The Morgan fingerprint density at radius 3 is 2.59 bits per heavy atom. The molecule has 1 N–H and O–H groups in total. The second kappa shape index (κ2) is 8.09. The van der Waals surface area contributed by atoms with Gasteiger partial charge in [-0.1, -0.05) is 60.3 Å². The van der Waals surface area contributed by atoms with Gasteiger partial charge >= 0.3 is 0 Å². The van der Waals surface area contributed by atoms with Crippen molar-refractivity contribution in [2.24, 2.45) is 0 Å². The number of thioether (sulfide) groups is 1. The molecule has 0 aliphatic carbocycles. The van der Waals surface area contributed by atoms with Crippen LogP contribution in [0.5, 0.6) is 0 Å². The lowest BCUT2D eigenvalue weighted by Gasteiger charge is -2.16. The Morgan fingerprint density at radius 1 is 1.03 bits per heavy atom. The SMILES string of the molecule is CC(NC(=O)c1cccc(CN2C(=O)CSC2=O)c1)c1ccc2ccccc2c1. The molecular weight excluding hydrogens is 384 g/mol. The highest BCUT2D eigenvalue weighted by Gasteiger charge is 2.29. The van der Waals surface area contributed by atoms with Crippen molar-refractivity contribution in [1.29, 1.82) is 0 Å². The van der Waals surface area contributed by atoms with Crippen LogP contribution in [0.15, 0.2) is 66.7 Å². The van der Waals surface area contributed by atoms with Crippen molar-refractivity contribution in [3.63, 3.8) is 0 Å². The minimum absolute atomic E-state index is 0.158. The number of amides is 3. The first kappa shape index (κ1) is 19.2. The van der Waals surface area contributed by atoms with Crippen molar-refractivity contribution >= 4 is 39.6 Å². The monoisotopic (exact) mass is 404 g/mol. The molecule has 0 bridgehead atoms. The van der Waals surface area contributed by atoms with Gasteiger partial charge in [0.05, 0.1) is 18.3 Å². The number of imide groups is 1. The predicted octanol–water partition coefficient (Wildman–Crippen LogP) is 4.53. The minimum atomic E-state index is -0.241. The van der Waals surface area contributed by atoms with Crippen LogP contribution in [0, 0.1) is 0 Å². The van der Waals surface area contributed by atoms with E-state index in [0.717, 1.165) is 33.7 Å². The van der Waals surface area contributed by atoms with Gasteiger partial charge in [-0.25, -0.2) is 0 Å². The highest BCUT2D eigenvalue weighted by atomic mass is 32.2. The van der Waals surface area contributed by atoms with Gasteiger partial charge in [-0.3, -0.25) is 19.3 Å². The van der Waals surface area contributed by atoms with Gasteiger partial charge in [0.2, 0.25) is 5.91 Å². The number of hydrogen-bond acceptors (Lipinski definition) is 4. The molecule has 29 heavy (non-hydrogen) atoms. The molecule has 0 aromatic heterocycles. The van der Waals surface area contributed by atoms with Crippen LogP contribution in [-0.4, -0.2) is 27.7 Å². The smallest absolute Gasteiger partial charge is 0.289 e. The summed E-state index contributed by atoms with van der Waals surface area (Å²) in [5.41, 5.74) is 2.28. The first-order valence-electron chi connectivity index (χ1n) is 9.37. The molecule has 1 heterocycles. The first-order valence-corrected chi connectivity index (χ1v) is 10.4. The molecule has 1 saturated heterocycles. The molecule has 3 amide bonds. The average molecular weight is 404 g/mol. The summed E-state index contributed by atoms with van der Waals surface area (Å²) in [6.07, 6.45) is 0. The van der Waals surface area contributed by atoms with Crippen LogP contribution in [0.1, 0.15) is 34.5 Å². The molecule has 0 saturated carbocycles. The fourth-order valence-electron chi connectivity index (χ4n) is 3.37. The fraction of sp³-hybridized carbons (Fsp3) is 0.174. The maximum absolute atomic E-state index is 12.7. The van der Waals surface area contributed by atoms with Crippen LogP contribution < -0.4 is 5.32 Å². The van der Waals surface area contributed by atoms with E-state index < -0.39 is 0 Å². The zero-order chi connectivity index (χ0) is 20.4. The van der Waals surface area contributed by atoms with E-state index in [2.05, 4.69) is 29.6 Å². The molecule has 3 aromatic rings. The van der Waals surface area contributed by atoms with Gasteiger partial charge < -0.3 is 5.32 Å². The van der Waals surface area contributed by atoms with Gasteiger partial charge in [0.1, 0.15) is 0 Å². The Kier molecular flexibility index (Phi) is 5.36. The summed E-state index contributed by atoms with van der Waals surface area (Å²) in [5, 5.41) is 5.07. The fourth-order valence-corrected chi connectivity index (χ4v) is 4.09. The van der Waals surface area contributed by atoms with Crippen molar-refractivity contribution in [3.05, 3.63) is 83.4 Å². The molecule has 1 aliphatic heterocycles. The number of carbonyl (C=O) groups is 3. The van der Waals surface area contributed by atoms with E-state index in [9.17, 15) is 14.4 Å². The zero-order valence-corrected chi connectivity index (χ0v) is 16.7. The number of nitrogens with zero attached hydrogens (tertiary/aromatic N) is 1. The molecule has 1 aliphatic rings. The summed E-state index contributed by atoms with van der Waals surface area (Å²) in [6, 6.07) is 21.1. The van der Waals surface area contributed by atoms with Crippen molar-refractivity contribution in [1.82, 2.24) is 10.2 Å². The van der Waals surface area contributed by atoms with E-state index in [1.807, 2.05) is 31.2 Å². The van der Waals surface area contributed by atoms with Gasteiger partial charge in [0.25, 0.3) is 11.1 Å². The minimum Gasteiger partial charge on any atom is -0.346 e. The van der Waals surface area contributed by atoms with Crippen LogP contribution in [0.3, 0.4) is 0 Å². The average Bonchev–Trinajstić information content (AvgIpc) is 3.05. The Balaban J connectivity index is 1.47. The number of rotatable bonds is 5. The Morgan fingerprint density at radius 2 is 1.83 bits per heavy atom. The molecule has 4 rings (SSSR count). The van der Waals surface area contributed by atoms with E-state index in [0.29, 0.717) is 5.56 Å². The molecule has 6 heteroatoms. The van der Waals surface area contributed by atoms with Crippen LogP contribution in [0.25, 0.3) is 10.8 Å². The Labute approximate surface area is 173 Å². The molecule has 1 fully saturated rings. The topological polar surface area (TPSA) is 66.5 Å². The van der Waals surface area contributed by atoms with E-state index in [4.69, 9.17) is 0 Å². The molecule has 3 aromatic carbocycles. The molecule has 5 nitrogen and oxygen atoms in total. The summed E-state index contributed by atoms with van der Waals surface area (Å²) >= 11 is 1.01. The molecule has 0 spiro atoms. The summed E-state index contributed by atoms with van der Waals surface area (Å²) in [5.74, 6) is -0.205. The van der Waals surface area contributed by atoms with E-state index in [1.165, 1.54) is 4.90 Å². The first-order chi connectivity index (χ1) is 14.0.